The van der Waals surface area contributed by atoms with Crippen molar-refractivity contribution in [1.82, 2.24) is 9.21 Å². The third-order valence-corrected chi connectivity index (χ3v) is 8.57. The Balaban J connectivity index is 1.45. The molecule has 10 heteroatoms. The first-order valence-electron chi connectivity index (χ1n) is 9.90. The monoisotopic (exact) mass is 481 g/mol. The smallest absolute Gasteiger partial charge is 0.259 e. The van der Waals surface area contributed by atoms with Gasteiger partial charge >= 0.3 is 0 Å². The minimum atomic E-state index is -3.53. The van der Waals surface area contributed by atoms with Crippen LogP contribution in [0.15, 0.2) is 52.4 Å². The van der Waals surface area contributed by atoms with E-state index in [2.05, 4.69) is 4.99 Å². The molecule has 0 saturated carbocycles. The summed E-state index contributed by atoms with van der Waals surface area (Å²) in [7, 11) is -3.53. The van der Waals surface area contributed by atoms with Crippen LogP contribution in [-0.2, 0) is 15.8 Å². The Labute approximate surface area is 190 Å². The number of hydrogen-bond donors (Lipinski definition) is 0. The number of rotatable bonds is 5. The number of carbonyl (C=O) groups is 1. The molecule has 0 radical (unpaired) electrons. The highest BCUT2D eigenvalue weighted by Crippen LogP contribution is 2.27. The highest BCUT2D eigenvalue weighted by Gasteiger charge is 2.29. The second kappa shape index (κ2) is 9.28. The molecule has 4 rings (SSSR count). The van der Waals surface area contributed by atoms with Gasteiger partial charge < -0.3 is 0 Å². The van der Waals surface area contributed by atoms with Crippen LogP contribution in [0.5, 0.6) is 0 Å². The van der Waals surface area contributed by atoms with Crippen molar-refractivity contribution in [3.8, 4) is 0 Å². The summed E-state index contributed by atoms with van der Waals surface area (Å²) in [5, 5.41) is 0.830. The Morgan fingerprint density at radius 2 is 1.81 bits per heavy atom. The van der Waals surface area contributed by atoms with Crippen molar-refractivity contribution in [2.75, 3.05) is 26.2 Å². The molecule has 1 amide bonds. The molecule has 0 aromatic heterocycles. The largest absolute Gasteiger partial charge is 0.286 e. The number of hydrogen-bond acceptors (Lipinski definition) is 5. The molecule has 0 N–H and O–H groups in total. The van der Waals surface area contributed by atoms with Crippen LogP contribution in [0.2, 0.25) is 5.02 Å². The van der Waals surface area contributed by atoms with Crippen LogP contribution in [0.3, 0.4) is 0 Å². The summed E-state index contributed by atoms with van der Waals surface area (Å²) in [5.41, 5.74) is 0.743. The summed E-state index contributed by atoms with van der Waals surface area (Å²) in [6.45, 7) is 1.93. The van der Waals surface area contributed by atoms with E-state index in [9.17, 15) is 17.6 Å². The van der Waals surface area contributed by atoms with Crippen molar-refractivity contribution in [2.24, 2.45) is 4.99 Å². The molecule has 6 nitrogen and oxygen atoms in total. The number of benzene rings is 2. The topological polar surface area (TPSA) is 70.1 Å². The van der Waals surface area contributed by atoms with Gasteiger partial charge in [0.2, 0.25) is 10.0 Å². The maximum atomic E-state index is 14.0. The molecule has 0 bridgehead atoms. The zero-order valence-corrected chi connectivity index (χ0v) is 19.0. The molecule has 0 atom stereocenters. The number of carbonyl (C=O) groups excluding carboxylic acids is 1. The van der Waals surface area contributed by atoms with Gasteiger partial charge in [0, 0.05) is 41.5 Å². The van der Waals surface area contributed by atoms with Gasteiger partial charge in [-0.15, -0.1) is 0 Å². The van der Waals surface area contributed by atoms with Gasteiger partial charge in [0.15, 0.2) is 5.17 Å². The number of amides is 1. The van der Waals surface area contributed by atoms with Gasteiger partial charge in [0.1, 0.15) is 5.82 Å². The number of thioether (sulfide) groups is 1. The van der Waals surface area contributed by atoms with E-state index in [-0.39, 0.29) is 16.6 Å². The lowest BCUT2D eigenvalue weighted by molar-refractivity contribution is 0.0860. The van der Waals surface area contributed by atoms with E-state index in [1.807, 2.05) is 0 Å². The van der Waals surface area contributed by atoms with Crippen molar-refractivity contribution in [2.45, 2.75) is 23.5 Å². The van der Waals surface area contributed by atoms with E-state index in [0.29, 0.717) is 47.5 Å². The number of nitrogens with zero attached hydrogens (tertiary/aromatic N) is 3. The van der Waals surface area contributed by atoms with Gasteiger partial charge in [-0.1, -0.05) is 29.4 Å². The molecule has 164 valence electrons. The number of aliphatic imine (C=N–C) groups is 1. The maximum Gasteiger partial charge on any atom is 0.259 e. The average molecular weight is 482 g/mol. The van der Waals surface area contributed by atoms with Crippen molar-refractivity contribution in [1.29, 1.82) is 0 Å². The Hall–Kier alpha value is -1.94. The number of halogens is 2. The molecular weight excluding hydrogens is 461 g/mol. The van der Waals surface area contributed by atoms with Gasteiger partial charge in [0.25, 0.3) is 5.91 Å². The third kappa shape index (κ3) is 4.64. The molecule has 0 unspecified atom stereocenters. The second-order valence-corrected chi connectivity index (χ2v) is 10.5. The zero-order chi connectivity index (χ0) is 22.0. The van der Waals surface area contributed by atoms with Crippen molar-refractivity contribution in [3.63, 3.8) is 0 Å². The molecule has 2 aromatic rings. The van der Waals surface area contributed by atoms with Gasteiger partial charge in [-0.2, -0.15) is 4.31 Å². The first kappa shape index (κ1) is 22.3. The minimum absolute atomic E-state index is 0.185. The molecular formula is C21H21ClFN3O3S2. The van der Waals surface area contributed by atoms with Crippen molar-refractivity contribution >= 4 is 44.5 Å². The molecule has 1 saturated heterocycles. The van der Waals surface area contributed by atoms with E-state index in [4.69, 9.17) is 11.6 Å². The van der Waals surface area contributed by atoms with Crippen LogP contribution in [-0.4, -0.2) is 54.9 Å². The van der Waals surface area contributed by atoms with Crippen LogP contribution in [0.4, 0.5) is 4.39 Å². The standard InChI is InChI=1S/C21H21ClFN3O3S2/c22-18-4-3-5-19(23)17(18)14-30-21-24-10-13-26(21)20(27)15-6-8-16(9-7-15)31(28,29)25-11-1-2-12-25/h3-9H,1-2,10-14H2. The lowest BCUT2D eigenvalue weighted by Crippen LogP contribution is -2.33. The maximum absolute atomic E-state index is 14.0. The lowest BCUT2D eigenvalue weighted by atomic mass is 10.2. The summed E-state index contributed by atoms with van der Waals surface area (Å²) in [6.07, 6.45) is 1.73. The fraction of sp³-hybridized carbons (Fsp3) is 0.333. The fourth-order valence-electron chi connectivity index (χ4n) is 3.55. The molecule has 1 fully saturated rings. The fourth-order valence-corrected chi connectivity index (χ4v) is 6.45. The van der Waals surface area contributed by atoms with E-state index in [1.165, 1.54) is 51.3 Å². The van der Waals surface area contributed by atoms with Gasteiger partial charge in [-0.3, -0.25) is 14.7 Å². The predicted molar refractivity (Wildman–Crippen MR) is 120 cm³/mol. The molecule has 2 aliphatic rings. The highest BCUT2D eigenvalue weighted by molar-refractivity contribution is 8.13. The number of amidine groups is 1. The Morgan fingerprint density at radius 1 is 1.10 bits per heavy atom. The molecule has 31 heavy (non-hydrogen) atoms. The van der Waals surface area contributed by atoms with E-state index >= 15 is 0 Å². The molecule has 2 heterocycles. The Kier molecular flexibility index (Phi) is 6.66. The average Bonchev–Trinajstić information content (AvgIpc) is 3.46. The van der Waals surface area contributed by atoms with Gasteiger partial charge in [-0.25, -0.2) is 12.8 Å². The minimum Gasteiger partial charge on any atom is -0.286 e. The summed E-state index contributed by atoms with van der Waals surface area (Å²) in [4.78, 5) is 19.1. The first-order valence-corrected chi connectivity index (χ1v) is 12.7. The summed E-state index contributed by atoms with van der Waals surface area (Å²) >= 11 is 7.33. The SMILES string of the molecule is O=C(c1ccc(S(=O)(=O)N2CCCC2)cc1)N1CCN=C1SCc1c(F)cccc1Cl. The van der Waals surface area contributed by atoms with Crippen LogP contribution in [0.25, 0.3) is 0 Å². The van der Waals surface area contributed by atoms with Crippen molar-refractivity contribution < 1.29 is 17.6 Å². The summed E-state index contributed by atoms with van der Waals surface area (Å²) in [5.74, 6) is -0.416. The quantitative estimate of drug-likeness (QED) is 0.647. The van der Waals surface area contributed by atoms with E-state index in [1.54, 1.807) is 12.1 Å². The number of sulfonamides is 1. The normalized spacial score (nSPS) is 17.2. The third-order valence-electron chi connectivity index (χ3n) is 5.26. The van der Waals surface area contributed by atoms with Crippen molar-refractivity contribution in [3.05, 3.63) is 64.4 Å². The van der Waals surface area contributed by atoms with Crippen LogP contribution >= 0.6 is 23.4 Å². The molecule has 2 aliphatic heterocycles. The van der Waals surface area contributed by atoms with E-state index in [0.717, 1.165) is 12.8 Å². The van der Waals surface area contributed by atoms with Crippen LogP contribution in [0.1, 0.15) is 28.8 Å². The Morgan fingerprint density at radius 3 is 2.48 bits per heavy atom. The predicted octanol–water partition coefficient (Wildman–Crippen LogP) is 4.01. The Bertz CT molecular complexity index is 1100. The second-order valence-electron chi connectivity index (χ2n) is 7.25. The molecule has 2 aromatic carbocycles. The first-order chi connectivity index (χ1) is 14.9. The van der Waals surface area contributed by atoms with Gasteiger partial charge in [-0.05, 0) is 49.2 Å². The summed E-state index contributed by atoms with van der Waals surface area (Å²) < 4.78 is 40.8. The summed E-state index contributed by atoms with van der Waals surface area (Å²) in [6, 6.07) is 10.5. The highest BCUT2D eigenvalue weighted by atomic mass is 35.5. The zero-order valence-electron chi connectivity index (χ0n) is 16.6. The van der Waals surface area contributed by atoms with Crippen LogP contribution < -0.4 is 0 Å². The van der Waals surface area contributed by atoms with E-state index < -0.39 is 15.8 Å². The molecule has 0 aliphatic carbocycles. The van der Waals surface area contributed by atoms with Gasteiger partial charge in [0.05, 0.1) is 11.4 Å². The molecule has 0 spiro atoms. The van der Waals surface area contributed by atoms with Crippen LogP contribution in [0, 0.1) is 5.82 Å². The lowest BCUT2D eigenvalue weighted by Gasteiger charge is -2.19.